The second-order valence-corrected chi connectivity index (χ2v) is 7.58. The molecule has 3 heterocycles. The summed E-state index contributed by atoms with van der Waals surface area (Å²) in [5.41, 5.74) is -0.300. The maximum atomic E-state index is 13.0. The zero-order chi connectivity index (χ0) is 18.0. The van der Waals surface area contributed by atoms with Crippen molar-refractivity contribution in [3.8, 4) is 0 Å². The van der Waals surface area contributed by atoms with Crippen molar-refractivity contribution in [3.63, 3.8) is 0 Å². The third-order valence-electron chi connectivity index (χ3n) is 6.03. The molecule has 1 aliphatic carbocycles. The number of morpholine rings is 1. The molecule has 3 fully saturated rings. The highest BCUT2D eigenvalue weighted by atomic mass is 16.5. The number of nitrogens with one attached hydrogen (secondary N) is 2. The first-order valence-electron chi connectivity index (χ1n) is 9.58. The maximum absolute atomic E-state index is 13.0. The van der Waals surface area contributed by atoms with Crippen molar-refractivity contribution in [1.82, 2.24) is 20.0 Å². The Morgan fingerprint density at radius 1 is 1.35 bits per heavy atom. The lowest BCUT2D eigenvalue weighted by atomic mass is 9.67. The Morgan fingerprint density at radius 3 is 3.04 bits per heavy atom. The standard InChI is InChI=1S/C18H27N5O3/c24-16(22-7-9-26-10-8-22)12-23-6-4-15(21-23)20-17(25)18-5-2-1-3-14(18)11-19-13-18/h4,6,14,19H,1-3,5,7-13H2,(H,20,21,25)/t14-,18+/m0/s1. The summed E-state index contributed by atoms with van der Waals surface area (Å²) in [6, 6.07) is 1.77. The molecule has 8 nitrogen and oxygen atoms in total. The van der Waals surface area contributed by atoms with Gasteiger partial charge < -0.3 is 20.3 Å². The Bertz CT molecular complexity index is 670. The Kier molecular flexibility index (Phi) is 4.95. The van der Waals surface area contributed by atoms with Crippen molar-refractivity contribution in [1.29, 1.82) is 0 Å². The normalized spacial score (nSPS) is 28.6. The first kappa shape index (κ1) is 17.5. The van der Waals surface area contributed by atoms with E-state index >= 15 is 0 Å². The number of carbonyl (C=O) groups is 2. The highest BCUT2D eigenvalue weighted by Gasteiger charge is 2.49. The second-order valence-electron chi connectivity index (χ2n) is 7.58. The summed E-state index contributed by atoms with van der Waals surface area (Å²) in [7, 11) is 0. The molecule has 1 aromatic rings. The summed E-state index contributed by atoms with van der Waals surface area (Å²) in [5, 5.41) is 10.8. The fraction of sp³-hybridized carbons (Fsp3) is 0.722. The van der Waals surface area contributed by atoms with Crippen molar-refractivity contribution >= 4 is 17.6 Å². The number of nitrogens with zero attached hydrogens (tertiary/aromatic N) is 3. The van der Waals surface area contributed by atoms with E-state index in [2.05, 4.69) is 15.7 Å². The molecule has 1 aromatic heterocycles. The van der Waals surface area contributed by atoms with Gasteiger partial charge in [-0.05, 0) is 25.3 Å². The van der Waals surface area contributed by atoms with Crippen LogP contribution in [0.25, 0.3) is 0 Å². The van der Waals surface area contributed by atoms with E-state index < -0.39 is 0 Å². The van der Waals surface area contributed by atoms with Gasteiger partial charge in [-0.3, -0.25) is 14.3 Å². The Morgan fingerprint density at radius 2 is 2.19 bits per heavy atom. The molecule has 4 rings (SSSR count). The van der Waals surface area contributed by atoms with Crippen molar-refractivity contribution < 1.29 is 14.3 Å². The summed E-state index contributed by atoms with van der Waals surface area (Å²) in [4.78, 5) is 27.1. The van der Waals surface area contributed by atoms with Gasteiger partial charge in [0.15, 0.2) is 5.82 Å². The second kappa shape index (κ2) is 7.36. The van der Waals surface area contributed by atoms with E-state index in [0.29, 0.717) is 38.0 Å². The van der Waals surface area contributed by atoms with E-state index in [1.165, 1.54) is 6.42 Å². The average Bonchev–Trinajstić information content (AvgIpc) is 3.29. The summed E-state index contributed by atoms with van der Waals surface area (Å²) < 4.78 is 6.86. The van der Waals surface area contributed by atoms with E-state index in [9.17, 15) is 9.59 Å². The lowest BCUT2D eigenvalue weighted by Crippen LogP contribution is -2.44. The van der Waals surface area contributed by atoms with Gasteiger partial charge in [-0.1, -0.05) is 12.8 Å². The minimum Gasteiger partial charge on any atom is -0.378 e. The molecule has 0 bridgehead atoms. The monoisotopic (exact) mass is 361 g/mol. The molecule has 0 aromatic carbocycles. The Hall–Kier alpha value is -1.93. The van der Waals surface area contributed by atoms with E-state index in [1.54, 1.807) is 21.8 Å². The van der Waals surface area contributed by atoms with Crippen LogP contribution in [0.3, 0.4) is 0 Å². The molecule has 0 unspecified atom stereocenters. The number of hydrogen-bond acceptors (Lipinski definition) is 5. The van der Waals surface area contributed by atoms with Crippen LogP contribution < -0.4 is 10.6 Å². The van der Waals surface area contributed by atoms with Crippen LogP contribution in [0.4, 0.5) is 5.82 Å². The summed E-state index contributed by atoms with van der Waals surface area (Å²) in [6.07, 6.45) is 6.11. The number of fused-ring (bicyclic) bond motifs is 1. The van der Waals surface area contributed by atoms with Crippen LogP contribution in [0.1, 0.15) is 25.7 Å². The molecule has 0 spiro atoms. The molecule has 2 N–H and O–H groups in total. The number of rotatable bonds is 4. The SMILES string of the molecule is O=C(Cn1ccc(NC(=O)[C@@]23CCCC[C@H]2CNC3)n1)N1CCOCC1. The zero-order valence-corrected chi connectivity index (χ0v) is 15.1. The molecule has 8 heteroatoms. The van der Waals surface area contributed by atoms with Crippen molar-refractivity contribution in [2.45, 2.75) is 32.2 Å². The first-order chi connectivity index (χ1) is 12.7. The lowest BCUT2D eigenvalue weighted by Gasteiger charge is -2.36. The molecule has 2 saturated heterocycles. The number of amides is 2. The molecular formula is C18H27N5O3. The molecule has 2 amide bonds. The summed E-state index contributed by atoms with van der Waals surface area (Å²) >= 11 is 0. The highest BCUT2D eigenvalue weighted by Crippen LogP contribution is 2.44. The third kappa shape index (κ3) is 3.35. The van der Waals surface area contributed by atoms with Crippen LogP contribution in [0.5, 0.6) is 0 Å². The Balaban J connectivity index is 1.37. The number of ether oxygens (including phenoxy) is 1. The van der Waals surface area contributed by atoms with Crippen LogP contribution in [0.15, 0.2) is 12.3 Å². The van der Waals surface area contributed by atoms with Crippen molar-refractivity contribution in [3.05, 3.63) is 12.3 Å². The molecule has 1 saturated carbocycles. The number of aromatic nitrogens is 2. The van der Waals surface area contributed by atoms with Gasteiger partial charge in [0.1, 0.15) is 6.54 Å². The smallest absolute Gasteiger partial charge is 0.244 e. The number of hydrogen-bond donors (Lipinski definition) is 2. The predicted molar refractivity (Wildman–Crippen MR) is 95.5 cm³/mol. The highest BCUT2D eigenvalue weighted by molar-refractivity contribution is 5.95. The van der Waals surface area contributed by atoms with Gasteiger partial charge in [0.25, 0.3) is 0 Å². The fourth-order valence-corrected chi connectivity index (χ4v) is 4.50. The first-order valence-corrected chi connectivity index (χ1v) is 9.58. The quantitative estimate of drug-likeness (QED) is 0.813. The molecular weight excluding hydrogens is 334 g/mol. The van der Waals surface area contributed by atoms with Gasteiger partial charge in [0.2, 0.25) is 11.8 Å². The van der Waals surface area contributed by atoms with Gasteiger partial charge in [-0.15, -0.1) is 0 Å². The average molecular weight is 361 g/mol. The van der Waals surface area contributed by atoms with E-state index in [4.69, 9.17) is 4.74 Å². The molecule has 142 valence electrons. The van der Waals surface area contributed by atoms with Crippen LogP contribution >= 0.6 is 0 Å². The van der Waals surface area contributed by atoms with Crippen LogP contribution in [0.2, 0.25) is 0 Å². The number of anilines is 1. The van der Waals surface area contributed by atoms with Crippen LogP contribution in [-0.4, -0.2) is 65.9 Å². The number of carbonyl (C=O) groups excluding carboxylic acids is 2. The van der Waals surface area contributed by atoms with Crippen molar-refractivity contribution in [2.24, 2.45) is 11.3 Å². The largest absolute Gasteiger partial charge is 0.378 e. The summed E-state index contributed by atoms with van der Waals surface area (Å²) in [6.45, 7) is 4.29. The maximum Gasteiger partial charge on any atom is 0.244 e. The van der Waals surface area contributed by atoms with Gasteiger partial charge in [-0.2, -0.15) is 5.10 Å². The van der Waals surface area contributed by atoms with E-state index in [0.717, 1.165) is 32.4 Å². The molecule has 2 atom stereocenters. The van der Waals surface area contributed by atoms with Gasteiger partial charge in [-0.25, -0.2) is 0 Å². The molecule has 26 heavy (non-hydrogen) atoms. The lowest BCUT2D eigenvalue weighted by molar-refractivity contribution is -0.136. The zero-order valence-electron chi connectivity index (χ0n) is 15.1. The molecule has 0 radical (unpaired) electrons. The summed E-state index contributed by atoms with van der Waals surface area (Å²) in [5.74, 6) is 1.04. The minimum atomic E-state index is -0.300. The predicted octanol–water partition coefficient (Wildman–Crippen LogP) is 0.460. The topological polar surface area (TPSA) is 88.5 Å². The van der Waals surface area contributed by atoms with E-state index in [1.807, 2.05) is 0 Å². The van der Waals surface area contributed by atoms with Gasteiger partial charge in [0, 0.05) is 31.9 Å². The fourth-order valence-electron chi connectivity index (χ4n) is 4.50. The minimum absolute atomic E-state index is 0.0280. The van der Waals surface area contributed by atoms with E-state index in [-0.39, 0.29) is 23.8 Å². The molecule has 2 aliphatic heterocycles. The molecule has 3 aliphatic rings. The Labute approximate surface area is 153 Å². The third-order valence-corrected chi connectivity index (χ3v) is 6.03. The van der Waals surface area contributed by atoms with Crippen LogP contribution in [0, 0.1) is 11.3 Å². The van der Waals surface area contributed by atoms with Gasteiger partial charge in [0.05, 0.1) is 18.6 Å². The van der Waals surface area contributed by atoms with Gasteiger partial charge >= 0.3 is 0 Å². The van der Waals surface area contributed by atoms with Crippen molar-refractivity contribution in [2.75, 3.05) is 44.7 Å². The van der Waals surface area contributed by atoms with Crippen LogP contribution in [-0.2, 0) is 20.9 Å².